The minimum Gasteiger partial charge on any atom is -0.271 e. The summed E-state index contributed by atoms with van der Waals surface area (Å²) in [5.74, 6) is 5.20. The Balaban J connectivity index is 2.56. The molecule has 18 heavy (non-hydrogen) atoms. The predicted octanol–water partition coefficient (Wildman–Crippen LogP) is 3.34. The average Bonchev–Trinajstić information content (AvgIpc) is 2.35. The van der Waals surface area contributed by atoms with E-state index in [4.69, 9.17) is 17.4 Å². The zero-order valence-corrected chi connectivity index (χ0v) is 10.7. The molecule has 0 amide bonds. The maximum atomic E-state index is 13.9. The summed E-state index contributed by atoms with van der Waals surface area (Å²) in [7, 11) is 0. The van der Waals surface area contributed by atoms with E-state index in [2.05, 4.69) is 5.43 Å². The van der Waals surface area contributed by atoms with Crippen LogP contribution in [0.25, 0.3) is 0 Å². The lowest BCUT2D eigenvalue weighted by molar-refractivity contribution is 0.559. The first kappa shape index (κ1) is 13.0. The molecule has 2 nitrogen and oxygen atoms in total. The largest absolute Gasteiger partial charge is 0.271 e. The minimum absolute atomic E-state index is 0.362. The van der Waals surface area contributed by atoms with Crippen LogP contribution in [-0.4, -0.2) is 0 Å². The van der Waals surface area contributed by atoms with Crippen LogP contribution in [0.3, 0.4) is 0 Å². The van der Waals surface area contributed by atoms with E-state index in [1.807, 2.05) is 31.2 Å². The molecule has 0 saturated carbocycles. The van der Waals surface area contributed by atoms with Crippen LogP contribution in [0.1, 0.15) is 22.7 Å². The molecule has 0 aliphatic rings. The van der Waals surface area contributed by atoms with Crippen molar-refractivity contribution in [2.75, 3.05) is 0 Å². The van der Waals surface area contributed by atoms with Crippen molar-refractivity contribution in [3.63, 3.8) is 0 Å². The van der Waals surface area contributed by atoms with Crippen molar-refractivity contribution >= 4 is 11.6 Å². The monoisotopic (exact) mass is 264 g/mol. The van der Waals surface area contributed by atoms with Crippen molar-refractivity contribution in [2.45, 2.75) is 13.0 Å². The highest BCUT2D eigenvalue weighted by molar-refractivity contribution is 6.31. The van der Waals surface area contributed by atoms with Crippen molar-refractivity contribution in [3.8, 4) is 0 Å². The number of hydrogen-bond acceptors (Lipinski definition) is 2. The van der Waals surface area contributed by atoms with E-state index in [9.17, 15) is 4.39 Å². The van der Waals surface area contributed by atoms with Gasteiger partial charge in [-0.1, -0.05) is 41.9 Å². The molecule has 0 aliphatic heterocycles. The third kappa shape index (κ3) is 2.38. The van der Waals surface area contributed by atoms with E-state index in [0.29, 0.717) is 10.6 Å². The quantitative estimate of drug-likeness (QED) is 0.659. The molecule has 2 rings (SSSR count). The number of nitrogens with two attached hydrogens (primary N) is 1. The summed E-state index contributed by atoms with van der Waals surface area (Å²) in [5.41, 5.74) is 4.94. The van der Waals surface area contributed by atoms with Gasteiger partial charge in [-0.3, -0.25) is 5.84 Å². The first-order valence-electron chi connectivity index (χ1n) is 5.60. The van der Waals surface area contributed by atoms with Gasteiger partial charge in [0.2, 0.25) is 0 Å². The second-order valence-corrected chi connectivity index (χ2v) is 4.50. The van der Waals surface area contributed by atoms with Gasteiger partial charge in [0.15, 0.2) is 0 Å². The van der Waals surface area contributed by atoms with Gasteiger partial charge in [0.05, 0.1) is 6.04 Å². The smallest absolute Gasteiger partial charge is 0.129 e. The first-order valence-corrected chi connectivity index (χ1v) is 5.98. The van der Waals surface area contributed by atoms with Gasteiger partial charge < -0.3 is 0 Å². The molecule has 4 heteroatoms. The van der Waals surface area contributed by atoms with Crippen LogP contribution in [0.5, 0.6) is 0 Å². The lowest BCUT2D eigenvalue weighted by Crippen LogP contribution is -2.30. The van der Waals surface area contributed by atoms with Crippen LogP contribution in [0.15, 0.2) is 42.5 Å². The Kier molecular flexibility index (Phi) is 3.97. The third-order valence-corrected chi connectivity index (χ3v) is 3.28. The van der Waals surface area contributed by atoms with E-state index in [-0.39, 0.29) is 5.82 Å². The van der Waals surface area contributed by atoms with Gasteiger partial charge in [-0.05, 0) is 30.2 Å². The van der Waals surface area contributed by atoms with Gasteiger partial charge >= 0.3 is 0 Å². The van der Waals surface area contributed by atoms with E-state index < -0.39 is 6.04 Å². The van der Waals surface area contributed by atoms with Crippen LogP contribution >= 0.6 is 11.6 Å². The van der Waals surface area contributed by atoms with Crippen LogP contribution in [0.2, 0.25) is 5.02 Å². The topological polar surface area (TPSA) is 38.0 Å². The molecule has 0 heterocycles. The minimum atomic E-state index is -0.458. The fourth-order valence-electron chi connectivity index (χ4n) is 2.03. The van der Waals surface area contributed by atoms with Gasteiger partial charge in [0.1, 0.15) is 5.82 Å². The molecule has 0 aliphatic carbocycles. The molecule has 3 N–H and O–H groups in total. The maximum absolute atomic E-state index is 13.9. The number of hydrazine groups is 1. The summed E-state index contributed by atoms with van der Waals surface area (Å²) in [6, 6.07) is 11.8. The summed E-state index contributed by atoms with van der Waals surface area (Å²) in [4.78, 5) is 0. The highest BCUT2D eigenvalue weighted by Crippen LogP contribution is 2.31. The van der Waals surface area contributed by atoms with Gasteiger partial charge in [-0.2, -0.15) is 0 Å². The molecule has 0 saturated heterocycles. The predicted molar refractivity (Wildman–Crippen MR) is 71.8 cm³/mol. The van der Waals surface area contributed by atoms with Crippen LogP contribution in [0, 0.1) is 12.7 Å². The van der Waals surface area contributed by atoms with Crippen molar-refractivity contribution in [1.29, 1.82) is 0 Å². The summed E-state index contributed by atoms with van der Waals surface area (Å²) in [6.45, 7) is 1.95. The number of halogens is 2. The zero-order chi connectivity index (χ0) is 13.1. The Bertz CT molecular complexity index is 537. The highest BCUT2D eigenvalue weighted by atomic mass is 35.5. The maximum Gasteiger partial charge on any atom is 0.129 e. The number of benzene rings is 2. The number of aryl methyl sites for hydroxylation is 1. The Labute approximate surface area is 111 Å². The second-order valence-electron chi connectivity index (χ2n) is 4.09. The fraction of sp³-hybridized carbons (Fsp3) is 0.143. The van der Waals surface area contributed by atoms with Crippen LogP contribution in [0.4, 0.5) is 4.39 Å². The van der Waals surface area contributed by atoms with E-state index in [1.165, 1.54) is 6.07 Å². The standard InChI is InChI=1S/C14H14ClFN2/c1-9-5-2-3-6-10(9)14(18-17)13-11(15)7-4-8-12(13)16/h2-8,14,18H,17H2,1H3. The lowest BCUT2D eigenvalue weighted by Gasteiger charge is -2.20. The van der Waals surface area contributed by atoms with Crippen LogP contribution in [-0.2, 0) is 0 Å². The summed E-state index contributed by atoms with van der Waals surface area (Å²) in [6.07, 6.45) is 0. The molecule has 0 aromatic heterocycles. The van der Waals surface area contributed by atoms with Gasteiger partial charge in [0, 0.05) is 10.6 Å². The molecule has 1 unspecified atom stereocenters. The molecular formula is C14H14ClFN2. The van der Waals surface area contributed by atoms with Crippen molar-refractivity contribution in [2.24, 2.45) is 5.84 Å². The van der Waals surface area contributed by atoms with Gasteiger partial charge in [-0.15, -0.1) is 0 Å². The van der Waals surface area contributed by atoms with Gasteiger partial charge in [0.25, 0.3) is 0 Å². The fourth-order valence-corrected chi connectivity index (χ4v) is 2.30. The lowest BCUT2D eigenvalue weighted by atomic mass is 9.95. The van der Waals surface area contributed by atoms with Gasteiger partial charge in [-0.25, -0.2) is 9.82 Å². The normalized spacial score (nSPS) is 12.4. The van der Waals surface area contributed by atoms with Crippen molar-refractivity contribution in [1.82, 2.24) is 5.43 Å². The third-order valence-electron chi connectivity index (χ3n) is 2.95. The molecule has 0 fully saturated rings. The summed E-state index contributed by atoms with van der Waals surface area (Å²) in [5, 5.41) is 0.362. The molecule has 1 atom stereocenters. The Morgan fingerprint density at radius 3 is 2.50 bits per heavy atom. The molecule has 0 radical (unpaired) electrons. The van der Waals surface area contributed by atoms with Crippen molar-refractivity contribution in [3.05, 3.63) is 70.0 Å². The molecular weight excluding hydrogens is 251 g/mol. The van der Waals surface area contributed by atoms with E-state index in [0.717, 1.165) is 11.1 Å². The van der Waals surface area contributed by atoms with Crippen LogP contribution < -0.4 is 11.3 Å². The summed E-state index contributed by atoms with van der Waals surface area (Å²) < 4.78 is 13.9. The SMILES string of the molecule is Cc1ccccc1C(NN)c1c(F)cccc1Cl. The molecule has 0 spiro atoms. The highest BCUT2D eigenvalue weighted by Gasteiger charge is 2.20. The summed E-state index contributed by atoms with van der Waals surface area (Å²) >= 11 is 6.07. The second kappa shape index (κ2) is 5.48. The molecule has 94 valence electrons. The molecule has 2 aromatic carbocycles. The van der Waals surface area contributed by atoms with E-state index in [1.54, 1.807) is 12.1 Å². The molecule has 2 aromatic rings. The first-order chi connectivity index (χ1) is 8.65. The Hall–Kier alpha value is -1.42. The Morgan fingerprint density at radius 1 is 1.17 bits per heavy atom. The Morgan fingerprint density at radius 2 is 1.89 bits per heavy atom. The van der Waals surface area contributed by atoms with E-state index >= 15 is 0 Å². The number of nitrogens with one attached hydrogen (secondary N) is 1. The number of rotatable bonds is 3. The molecule has 0 bridgehead atoms. The van der Waals surface area contributed by atoms with Crippen molar-refractivity contribution < 1.29 is 4.39 Å². The number of hydrogen-bond donors (Lipinski definition) is 2. The zero-order valence-electron chi connectivity index (χ0n) is 9.95. The average molecular weight is 265 g/mol.